The van der Waals surface area contributed by atoms with Crippen molar-refractivity contribution in [2.45, 2.75) is 25.6 Å². The zero-order chi connectivity index (χ0) is 25.2. The van der Waals surface area contributed by atoms with Gasteiger partial charge in [-0.05, 0) is 6.92 Å². The lowest BCUT2D eigenvalue weighted by atomic mass is 10.2. The number of rotatable bonds is 7. The molecule has 0 saturated carbocycles. The monoisotopic (exact) mass is 498 g/mol. The minimum absolute atomic E-state index is 0.0240. The van der Waals surface area contributed by atoms with Crippen molar-refractivity contribution in [1.29, 1.82) is 0 Å². The third-order valence-electron chi connectivity index (χ3n) is 5.55. The van der Waals surface area contributed by atoms with Gasteiger partial charge in [0, 0.05) is 26.2 Å². The Hall–Kier alpha value is -3.62. The number of nitrogens with one attached hydrogen (secondary N) is 1. The molecule has 3 aromatic heterocycles. The summed E-state index contributed by atoms with van der Waals surface area (Å²) in [6, 6.07) is -0.647. The van der Waals surface area contributed by atoms with Gasteiger partial charge in [-0.25, -0.2) is 19.5 Å². The number of aromatic amines is 1. The van der Waals surface area contributed by atoms with Gasteiger partial charge in [-0.1, -0.05) is 0 Å². The van der Waals surface area contributed by atoms with E-state index in [0.717, 1.165) is 23.3 Å². The van der Waals surface area contributed by atoms with Crippen molar-refractivity contribution in [2.24, 2.45) is 0 Å². The summed E-state index contributed by atoms with van der Waals surface area (Å²) in [5.41, 5.74) is -2.33. The third kappa shape index (κ3) is 5.39. The number of piperazine rings is 1. The predicted molar refractivity (Wildman–Crippen MR) is 114 cm³/mol. The Bertz CT molecular complexity index is 1240. The predicted octanol–water partition coefficient (Wildman–Crippen LogP) is 1.38. The van der Waals surface area contributed by atoms with Crippen molar-refractivity contribution in [3.8, 4) is 0 Å². The maximum atomic E-state index is 13.3. The lowest BCUT2D eigenvalue weighted by molar-refractivity contribution is -0.140. The Morgan fingerprint density at radius 1 is 1.17 bits per heavy atom. The van der Waals surface area contributed by atoms with Crippen LogP contribution in [-0.2, 0) is 15.7 Å². The molecule has 1 N–H and O–H groups in total. The van der Waals surface area contributed by atoms with Gasteiger partial charge in [0.2, 0.25) is 11.9 Å². The fourth-order valence-electron chi connectivity index (χ4n) is 3.80. The highest BCUT2D eigenvalue weighted by Gasteiger charge is 2.38. The van der Waals surface area contributed by atoms with Gasteiger partial charge in [-0.15, -0.1) is 0 Å². The van der Waals surface area contributed by atoms with Crippen LogP contribution in [0.2, 0.25) is 0 Å². The lowest BCUT2D eigenvalue weighted by Crippen LogP contribution is -2.49. The Morgan fingerprint density at radius 2 is 1.86 bits per heavy atom. The molecule has 1 aliphatic heterocycles. The quantitative estimate of drug-likeness (QED) is 0.383. The van der Waals surface area contributed by atoms with E-state index in [1.165, 1.54) is 0 Å². The van der Waals surface area contributed by atoms with Crippen LogP contribution in [0.25, 0.3) is 10.9 Å². The average Bonchev–Trinajstić information content (AvgIpc) is 3.24. The first-order chi connectivity index (χ1) is 16.6. The van der Waals surface area contributed by atoms with E-state index in [1.54, 1.807) is 11.8 Å². The van der Waals surface area contributed by atoms with Gasteiger partial charge in [0.05, 0.1) is 49.8 Å². The maximum absolute atomic E-state index is 13.3. The summed E-state index contributed by atoms with van der Waals surface area (Å²) < 4.78 is 59.6. The first-order valence-corrected chi connectivity index (χ1v) is 10.8. The summed E-state index contributed by atoms with van der Waals surface area (Å²) >= 11 is 0. The van der Waals surface area contributed by atoms with E-state index >= 15 is 0 Å². The van der Waals surface area contributed by atoms with Crippen LogP contribution in [0.5, 0.6) is 0 Å². The second-order valence-corrected chi connectivity index (χ2v) is 7.99. The summed E-state index contributed by atoms with van der Waals surface area (Å²) in [7, 11) is 0. The fourth-order valence-corrected chi connectivity index (χ4v) is 3.80. The number of fused-ring (bicyclic) bond motifs is 1. The Morgan fingerprint density at radius 3 is 2.51 bits per heavy atom. The molecule has 3 aromatic rings. The number of aromatic nitrogens is 6. The van der Waals surface area contributed by atoms with Crippen molar-refractivity contribution in [3.63, 3.8) is 0 Å². The smallest absolute Gasteiger partial charge is 0.379 e. The molecule has 1 amide bonds. The van der Waals surface area contributed by atoms with E-state index < -0.39 is 34.7 Å². The van der Waals surface area contributed by atoms with Crippen molar-refractivity contribution in [3.05, 3.63) is 40.5 Å². The minimum atomic E-state index is -4.81. The molecule has 1 fully saturated rings. The molecule has 0 radical (unpaired) electrons. The third-order valence-corrected chi connectivity index (χ3v) is 5.55. The molecule has 188 valence electrons. The minimum Gasteiger partial charge on any atom is -0.379 e. The summed E-state index contributed by atoms with van der Waals surface area (Å²) in [6.07, 6.45) is -1.44. The second kappa shape index (κ2) is 9.93. The molecule has 35 heavy (non-hydrogen) atoms. The van der Waals surface area contributed by atoms with Gasteiger partial charge in [0.1, 0.15) is 5.39 Å². The second-order valence-electron chi connectivity index (χ2n) is 7.99. The van der Waals surface area contributed by atoms with E-state index in [-0.39, 0.29) is 31.1 Å². The number of carbonyl (C=O) groups is 1. The highest BCUT2D eigenvalue weighted by Crippen LogP contribution is 2.33. The summed E-state index contributed by atoms with van der Waals surface area (Å²) in [4.78, 5) is 35.8. The lowest BCUT2D eigenvalue weighted by Gasteiger charge is -2.34. The first kappa shape index (κ1) is 24.5. The van der Waals surface area contributed by atoms with E-state index in [0.29, 0.717) is 32.1 Å². The van der Waals surface area contributed by atoms with Crippen LogP contribution in [0.3, 0.4) is 0 Å². The molecular weight excluding hydrogens is 476 g/mol. The van der Waals surface area contributed by atoms with Crippen LogP contribution in [0.1, 0.15) is 25.1 Å². The normalized spacial score (nSPS) is 15.6. The van der Waals surface area contributed by atoms with Gasteiger partial charge in [0.25, 0.3) is 5.56 Å². The molecule has 1 atom stereocenters. The number of hydrogen-bond acceptors (Lipinski definition) is 8. The molecule has 15 heteroatoms. The first-order valence-electron chi connectivity index (χ1n) is 10.8. The van der Waals surface area contributed by atoms with Crippen molar-refractivity contribution < 1.29 is 27.1 Å². The van der Waals surface area contributed by atoms with Crippen LogP contribution in [-0.4, -0.2) is 80.1 Å². The molecule has 0 aliphatic carbocycles. The summed E-state index contributed by atoms with van der Waals surface area (Å²) in [5.74, 6) is -0.256. The number of halogens is 4. The number of anilines is 1. The van der Waals surface area contributed by atoms with Gasteiger partial charge in [-0.3, -0.25) is 14.3 Å². The van der Waals surface area contributed by atoms with Crippen molar-refractivity contribution >= 4 is 22.8 Å². The zero-order valence-electron chi connectivity index (χ0n) is 18.6. The number of nitrogens with zero attached hydrogens (tertiary/aromatic N) is 7. The molecule has 0 spiro atoms. The Labute approximate surface area is 195 Å². The topological polar surface area (TPSA) is 122 Å². The molecule has 0 aromatic carbocycles. The van der Waals surface area contributed by atoms with E-state index in [4.69, 9.17) is 4.74 Å². The van der Waals surface area contributed by atoms with E-state index in [2.05, 4.69) is 20.2 Å². The molecule has 4 rings (SSSR count). The van der Waals surface area contributed by atoms with Crippen molar-refractivity contribution in [2.75, 3.05) is 44.3 Å². The maximum Gasteiger partial charge on any atom is 0.435 e. The van der Waals surface area contributed by atoms with E-state index in [9.17, 15) is 27.2 Å². The molecule has 0 bridgehead atoms. The average molecular weight is 498 g/mol. The number of amides is 1. The molecular formula is C20H22F4N8O3. The summed E-state index contributed by atoms with van der Waals surface area (Å²) in [6.45, 7) is 3.51. The standard InChI is InChI=1S/C20H22F4N8O3/c1-12(32-14-10-27-28-18(34)16(14)17(29-32)20(22,23)24)11-35-7-2-15(33)30-3-5-31(6-4-30)19-25-8-13(21)9-26-19/h8-10,12H,2-7,11H2,1H3,(H,28,34). The van der Waals surface area contributed by atoms with Gasteiger partial charge < -0.3 is 14.5 Å². The number of carbonyl (C=O) groups excluding carboxylic acids is 1. The highest BCUT2D eigenvalue weighted by atomic mass is 19.4. The number of alkyl halides is 3. The highest BCUT2D eigenvalue weighted by molar-refractivity contribution is 5.80. The number of hydrogen-bond donors (Lipinski definition) is 1. The molecule has 4 heterocycles. The van der Waals surface area contributed by atoms with Gasteiger partial charge in [0.15, 0.2) is 11.5 Å². The van der Waals surface area contributed by atoms with Crippen LogP contribution in [0.15, 0.2) is 23.4 Å². The Kier molecular flexibility index (Phi) is 6.95. The molecule has 1 aliphatic rings. The van der Waals surface area contributed by atoms with Crippen LogP contribution >= 0.6 is 0 Å². The van der Waals surface area contributed by atoms with Crippen LogP contribution < -0.4 is 10.5 Å². The van der Waals surface area contributed by atoms with Crippen molar-refractivity contribution in [1.82, 2.24) is 34.8 Å². The number of H-pyrrole nitrogens is 1. The largest absolute Gasteiger partial charge is 0.435 e. The van der Waals surface area contributed by atoms with Crippen LogP contribution in [0, 0.1) is 5.82 Å². The molecule has 11 nitrogen and oxygen atoms in total. The van der Waals surface area contributed by atoms with Gasteiger partial charge in [-0.2, -0.15) is 23.4 Å². The zero-order valence-corrected chi connectivity index (χ0v) is 18.6. The number of ether oxygens (including phenoxy) is 1. The SMILES string of the molecule is CC(COCCC(=O)N1CCN(c2ncc(F)cn2)CC1)n1nc(C(F)(F)F)c2c(=O)[nH]ncc21. The van der Waals surface area contributed by atoms with E-state index in [1.807, 2.05) is 10.00 Å². The summed E-state index contributed by atoms with van der Waals surface area (Å²) in [5, 5.41) is 8.56. The Balaban J connectivity index is 1.28. The van der Waals surface area contributed by atoms with Crippen LogP contribution in [0.4, 0.5) is 23.5 Å². The fraction of sp³-hybridized carbons (Fsp3) is 0.500. The van der Waals surface area contributed by atoms with Gasteiger partial charge >= 0.3 is 6.18 Å². The molecule has 1 saturated heterocycles. The molecule has 1 unspecified atom stereocenters.